The van der Waals surface area contributed by atoms with Crippen molar-refractivity contribution >= 4 is 79.8 Å². The van der Waals surface area contributed by atoms with Crippen molar-refractivity contribution in [1.29, 1.82) is 0 Å². The quantitative estimate of drug-likeness (QED) is 0.284. The summed E-state index contributed by atoms with van der Waals surface area (Å²) in [5, 5.41) is 2.69. The molecular formula is C36H19B2NOS. The normalized spacial score (nSPS) is 14.3. The SMILES string of the molecule is c1ccc(-c2c3c4c5c6c2Sc2ccccc2B6c2cccc6c7cccc(c7n-5c26)B4c2ccccc2O3)cc1. The van der Waals surface area contributed by atoms with Gasteiger partial charge in [0.15, 0.2) is 0 Å². The maximum absolute atomic E-state index is 7.05. The average molecular weight is 535 g/mol. The van der Waals surface area contributed by atoms with E-state index < -0.39 is 0 Å². The summed E-state index contributed by atoms with van der Waals surface area (Å²) in [6.07, 6.45) is 0. The van der Waals surface area contributed by atoms with Gasteiger partial charge in [0.25, 0.3) is 6.71 Å². The molecule has 6 aromatic carbocycles. The summed E-state index contributed by atoms with van der Waals surface area (Å²) in [7, 11) is 0. The summed E-state index contributed by atoms with van der Waals surface area (Å²) in [6.45, 7) is 0.285. The van der Waals surface area contributed by atoms with Gasteiger partial charge in [0.05, 0.1) is 0 Å². The highest BCUT2D eigenvalue weighted by Gasteiger charge is 2.49. The van der Waals surface area contributed by atoms with Crippen LogP contribution in [0.3, 0.4) is 0 Å². The van der Waals surface area contributed by atoms with Crippen molar-refractivity contribution in [2.75, 3.05) is 0 Å². The van der Waals surface area contributed by atoms with Gasteiger partial charge in [-0.15, -0.1) is 0 Å². The molecule has 0 fully saturated rings. The third kappa shape index (κ3) is 2.36. The molecule has 0 saturated heterocycles. The Hall–Kier alpha value is -4.60. The molecule has 5 heterocycles. The van der Waals surface area contributed by atoms with Gasteiger partial charge in [0, 0.05) is 42.8 Å². The fraction of sp³-hybridized carbons (Fsp3) is 0. The first kappa shape index (κ1) is 21.2. The Bertz CT molecular complexity index is 2200. The molecule has 0 spiro atoms. The van der Waals surface area contributed by atoms with Gasteiger partial charge in [-0.1, -0.05) is 120 Å². The molecule has 0 radical (unpaired) electrons. The first-order valence-corrected chi connectivity index (χ1v) is 15.1. The molecule has 41 heavy (non-hydrogen) atoms. The second-order valence-corrected chi connectivity index (χ2v) is 12.6. The number of ether oxygens (including phenoxy) is 1. The third-order valence-corrected chi connectivity index (χ3v) is 10.9. The van der Waals surface area contributed by atoms with E-state index in [4.69, 9.17) is 4.74 Å². The summed E-state index contributed by atoms with van der Waals surface area (Å²) in [5.74, 6) is 1.98. The van der Waals surface area contributed by atoms with Crippen molar-refractivity contribution < 1.29 is 4.74 Å². The van der Waals surface area contributed by atoms with Crippen LogP contribution in [0.15, 0.2) is 125 Å². The Morgan fingerprint density at radius 2 is 1.20 bits per heavy atom. The van der Waals surface area contributed by atoms with Gasteiger partial charge in [0.2, 0.25) is 6.71 Å². The summed E-state index contributed by atoms with van der Waals surface area (Å²) in [5.41, 5.74) is 14.7. The predicted molar refractivity (Wildman–Crippen MR) is 173 cm³/mol. The van der Waals surface area contributed by atoms with Crippen molar-refractivity contribution in [3.63, 3.8) is 0 Å². The number of para-hydroxylation sites is 3. The molecule has 0 atom stereocenters. The lowest BCUT2D eigenvalue weighted by Gasteiger charge is -2.42. The summed E-state index contributed by atoms with van der Waals surface area (Å²) >= 11 is 1.92. The topological polar surface area (TPSA) is 14.2 Å². The van der Waals surface area contributed by atoms with Gasteiger partial charge in [-0.3, -0.25) is 0 Å². The fourth-order valence-electron chi connectivity index (χ4n) is 8.25. The van der Waals surface area contributed by atoms with Crippen LogP contribution in [0.25, 0.3) is 38.6 Å². The number of hydrogen-bond donors (Lipinski definition) is 0. The summed E-state index contributed by atoms with van der Waals surface area (Å²) < 4.78 is 9.66. The highest BCUT2D eigenvalue weighted by atomic mass is 32.2. The van der Waals surface area contributed by atoms with Gasteiger partial charge in [-0.2, -0.15) is 0 Å². The van der Waals surface area contributed by atoms with Gasteiger partial charge in [-0.05, 0) is 45.0 Å². The monoisotopic (exact) mass is 535 g/mol. The Balaban J connectivity index is 1.45. The molecule has 0 saturated carbocycles. The van der Waals surface area contributed by atoms with E-state index in [9.17, 15) is 0 Å². The zero-order valence-electron chi connectivity index (χ0n) is 21.9. The van der Waals surface area contributed by atoms with Gasteiger partial charge in [-0.25, -0.2) is 0 Å². The number of aromatic nitrogens is 1. The lowest BCUT2D eigenvalue weighted by atomic mass is 9.30. The number of rotatable bonds is 1. The second-order valence-electron chi connectivity index (χ2n) is 11.5. The molecule has 186 valence electrons. The van der Waals surface area contributed by atoms with Crippen molar-refractivity contribution in [2.24, 2.45) is 0 Å². The van der Waals surface area contributed by atoms with E-state index in [2.05, 4.69) is 120 Å². The zero-order valence-corrected chi connectivity index (χ0v) is 22.7. The van der Waals surface area contributed by atoms with Gasteiger partial charge >= 0.3 is 0 Å². The first-order valence-electron chi connectivity index (χ1n) is 14.3. The van der Waals surface area contributed by atoms with Crippen LogP contribution in [0.2, 0.25) is 0 Å². The van der Waals surface area contributed by atoms with Crippen LogP contribution < -0.4 is 37.5 Å². The first-order chi connectivity index (χ1) is 20.4. The number of fused-ring (bicyclic) bond motifs is 7. The summed E-state index contributed by atoms with van der Waals surface area (Å²) in [4.78, 5) is 2.66. The number of benzene rings is 6. The molecule has 0 aliphatic carbocycles. The molecule has 11 rings (SSSR count). The number of hydrogen-bond acceptors (Lipinski definition) is 2. The van der Waals surface area contributed by atoms with E-state index >= 15 is 0 Å². The number of nitrogens with zero attached hydrogens (tertiary/aromatic N) is 1. The molecule has 2 nitrogen and oxygen atoms in total. The van der Waals surface area contributed by atoms with Crippen LogP contribution in [-0.4, -0.2) is 18.0 Å². The van der Waals surface area contributed by atoms with Crippen LogP contribution in [-0.2, 0) is 0 Å². The highest BCUT2D eigenvalue weighted by Crippen LogP contribution is 2.48. The third-order valence-electron chi connectivity index (χ3n) is 9.69. The fourth-order valence-corrected chi connectivity index (χ4v) is 9.55. The lowest BCUT2D eigenvalue weighted by Crippen LogP contribution is -2.65. The Labute approximate surface area is 241 Å². The lowest BCUT2D eigenvalue weighted by molar-refractivity contribution is 0.488. The maximum atomic E-state index is 7.05. The molecule has 0 unspecified atom stereocenters. The van der Waals surface area contributed by atoms with Crippen molar-refractivity contribution in [3.05, 3.63) is 115 Å². The van der Waals surface area contributed by atoms with E-state index in [-0.39, 0.29) is 13.4 Å². The largest absolute Gasteiger partial charge is 0.458 e. The van der Waals surface area contributed by atoms with Gasteiger partial charge < -0.3 is 9.30 Å². The Kier molecular flexibility index (Phi) is 3.71. The average Bonchev–Trinajstić information content (AvgIpc) is 3.37. The highest BCUT2D eigenvalue weighted by molar-refractivity contribution is 8.00. The maximum Gasteiger partial charge on any atom is 0.256 e. The zero-order chi connectivity index (χ0) is 26.4. The van der Waals surface area contributed by atoms with E-state index in [1.807, 2.05) is 11.8 Å². The molecule has 4 aliphatic heterocycles. The standard InChI is InChI=1S/C36H19B2NOS/c1-2-10-20(11-3-1)29-35-30-34-31-36(29)41-28-19-7-5-15-24(28)38(31)26-17-9-13-22-21-12-8-16-25(32(21)39(34)33(22)26)37(30)23-14-4-6-18-27(23)40-35/h1-19H. The van der Waals surface area contributed by atoms with Crippen LogP contribution in [0.5, 0.6) is 11.5 Å². The van der Waals surface area contributed by atoms with Crippen molar-refractivity contribution in [2.45, 2.75) is 9.79 Å². The Morgan fingerprint density at radius 1 is 0.561 bits per heavy atom. The van der Waals surface area contributed by atoms with Crippen LogP contribution in [0.1, 0.15) is 0 Å². The minimum Gasteiger partial charge on any atom is -0.458 e. The summed E-state index contributed by atoms with van der Waals surface area (Å²) in [6, 6.07) is 42.5. The van der Waals surface area contributed by atoms with Crippen LogP contribution in [0, 0.1) is 0 Å². The van der Waals surface area contributed by atoms with E-state index in [1.54, 1.807) is 0 Å². The molecule has 1 aromatic heterocycles. The molecular weight excluding hydrogens is 516 g/mol. The van der Waals surface area contributed by atoms with Crippen LogP contribution in [0.4, 0.5) is 0 Å². The molecule has 4 aliphatic rings. The van der Waals surface area contributed by atoms with E-state index in [1.165, 1.54) is 81.2 Å². The minimum atomic E-state index is 0.114. The van der Waals surface area contributed by atoms with Crippen molar-refractivity contribution in [3.8, 4) is 28.3 Å². The molecule has 0 bridgehead atoms. The predicted octanol–water partition coefficient (Wildman–Crippen LogP) is 4.68. The molecule has 0 N–H and O–H groups in total. The van der Waals surface area contributed by atoms with E-state index in [0.29, 0.717) is 0 Å². The molecule has 7 aromatic rings. The Morgan fingerprint density at radius 3 is 1.98 bits per heavy atom. The van der Waals surface area contributed by atoms with Crippen LogP contribution >= 0.6 is 11.8 Å². The molecule has 5 heteroatoms. The second kappa shape index (κ2) is 7.18. The smallest absolute Gasteiger partial charge is 0.256 e. The van der Waals surface area contributed by atoms with Gasteiger partial charge in [0.1, 0.15) is 11.5 Å². The van der Waals surface area contributed by atoms with E-state index in [0.717, 1.165) is 11.5 Å². The van der Waals surface area contributed by atoms with Crippen molar-refractivity contribution in [1.82, 2.24) is 4.57 Å². The minimum absolute atomic E-state index is 0.114. The molecule has 0 amide bonds.